The van der Waals surface area contributed by atoms with Crippen LogP contribution in [0.2, 0.25) is 0 Å². The zero-order chi connectivity index (χ0) is 28.8. The van der Waals surface area contributed by atoms with Crippen LogP contribution in [0.25, 0.3) is 11.4 Å². The number of fused-ring (bicyclic) bond motifs is 1. The molecule has 2 heterocycles. The quantitative estimate of drug-likeness (QED) is 0.240. The molecule has 2 atom stereocenters. The molecule has 0 bridgehead atoms. The Labute approximate surface area is 235 Å². The van der Waals surface area contributed by atoms with Gasteiger partial charge in [0, 0.05) is 24.7 Å². The molecule has 1 aromatic heterocycles. The van der Waals surface area contributed by atoms with Gasteiger partial charge in [-0.3, -0.25) is 4.79 Å². The van der Waals surface area contributed by atoms with Gasteiger partial charge in [-0.25, -0.2) is 8.78 Å². The number of aryl methyl sites for hydroxylation is 1. The number of rotatable bonds is 12. The van der Waals surface area contributed by atoms with Crippen molar-refractivity contribution in [1.29, 1.82) is 0 Å². The highest BCUT2D eigenvalue weighted by atomic mass is 19.1. The van der Waals surface area contributed by atoms with Crippen LogP contribution in [0.5, 0.6) is 11.5 Å². The van der Waals surface area contributed by atoms with Crippen molar-refractivity contribution in [1.82, 2.24) is 30.8 Å². The van der Waals surface area contributed by atoms with Crippen molar-refractivity contribution in [3.63, 3.8) is 0 Å². The number of hydrogen-bond donors (Lipinski definition) is 3. The van der Waals surface area contributed by atoms with Crippen molar-refractivity contribution in [3.05, 3.63) is 89.0 Å². The number of aliphatic hydroxyl groups excluding tert-OH is 1. The highest BCUT2D eigenvalue weighted by molar-refractivity contribution is 5.76. The van der Waals surface area contributed by atoms with E-state index in [1.54, 1.807) is 18.2 Å². The number of aromatic nitrogens is 4. The predicted molar refractivity (Wildman–Crippen MR) is 145 cm³/mol. The molecule has 41 heavy (non-hydrogen) atoms. The molecule has 5 rings (SSSR count). The summed E-state index contributed by atoms with van der Waals surface area (Å²) in [7, 11) is 0. The van der Waals surface area contributed by atoms with E-state index in [4.69, 9.17) is 9.47 Å². The fourth-order valence-electron chi connectivity index (χ4n) is 4.57. The third-order valence-corrected chi connectivity index (χ3v) is 6.64. The Morgan fingerprint density at radius 1 is 1.02 bits per heavy atom. The second-order valence-corrected chi connectivity index (χ2v) is 9.74. The molecule has 214 valence electrons. The molecule has 3 aromatic carbocycles. The van der Waals surface area contributed by atoms with Crippen molar-refractivity contribution in [2.75, 3.05) is 13.3 Å². The molecule has 1 aliphatic heterocycles. The molecule has 0 aliphatic carbocycles. The number of aliphatic hydroxyl groups is 1. The number of hydrogen-bond acceptors (Lipinski definition) is 8. The van der Waals surface area contributed by atoms with Crippen LogP contribution in [0.1, 0.15) is 23.6 Å². The number of ether oxygens (including phenoxy) is 2. The van der Waals surface area contributed by atoms with E-state index < -0.39 is 29.7 Å². The minimum Gasteiger partial charge on any atom is -0.454 e. The lowest BCUT2D eigenvalue weighted by Gasteiger charge is -2.25. The van der Waals surface area contributed by atoms with E-state index in [2.05, 4.69) is 39.0 Å². The summed E-state index contributed by atoms with van der Waals surface area (Å²) < 4.78 is 38.4. The monoisotopic (exact) mass is 564 g/mol. The SMILES string of the molecule is CCc1cccc(CNC[C@@H](O)[C@H](Cc2cc(F)cc(F)c2)NC(=O)Cn2nnc(-c3ccc4c(c3)OCO4)n2)c1. The van der Waals surface area contributed by atoms with Gasteiger partial charge in [-0.05, 0) is 65.1 Å². The van der Waals surface area contributed by atoms with Crippen LogP contribution in [0.4, 0.5) is 8.78 Å². The van der Waals surface area contributed by atoms with Crippen LogP contribution < -0.4 is 20.1 Å². The first-order valence-electron chi connectivity index (χ1n) is 13.2. The van der Waals surface area contributed by atoms with E-state index in [0.717, 1.165) is 22.8 Å². The van der Waals surface area contributed by atoms with Gasteiger partial charge in [-0.2, -0.15) is 4.80 Å². The molecule has 1 aliphatic rings. The molecule has 0 radical (unpaired) electrons. The molecule has 0 spiro atoms. The van der Waals surface area contributed by atoms with Crippen molar-refractivity contribution >= 4 is 5.91 Å². The lowest BCUT2D eigenvalue weighted by molar-refractivity contribution is -0.123. The van der Waals surface area contributed by atoms with E-state index in [-0.39, 0.29) is 26.3 Å². The Hall–Kier alpha value is -4.42. The second kappa shape index (κ2) is 12.8. The number of tetrazole rings is 1. The molecule has 0 saturated heterocycles. The van der Waals surface area contributed by atoms with Crippen LogP contribution in [0.3, 0.4) is 0 Å². The van der Waals surface area contributed by atoms with Gasteiger partial charge in [0.1, 0.15) is 18.2 Å². The number of carbonyl (C=O) groups excluding carboxylic acids is 1. The first kappa shape index (κ1) is 28.1. The number of benzene rings is 3. The van der Waals surface area contributed by atoms with E-state index >= 15 is 0 Å². The Bertz CT molecular complexity index is 1490. The van der Waals surface area contributed by atoms with Crippen LogP contribution >= 0.6 is 0 Å². The average molecular weight is 565 g/mol. The fraction of sp³-hybridized carbons (Fsp3) is 0.310. The summed E-state index contributed by atoms with van der Waals surface area (Å²) in [6.45, 7) is 2.57. The van der Waals surface area contributed by atoms with E-state index in [9.17, 15) is 18.7 Å². The standard InChI is InChI=1S/C29H30F2N6O4/c1-2-18-4-3-5-19(8-18)14-32-15-25(38)24(11-20-9-22(30)13-23(31)10-20)33-28(39)16-37-35-29(34-36-37)21-6-7-26-27(12-21)41-17-40-26/h3-10,12-13,24-25,32,38H,2,11,14-17H2,1H3,(H,33,39)/t24-,25+/m0/s1. The Morgan fingerprint density at radius 3 is 2.61 bits per heavy atom. The lowest BCUT2D eigenvalue weighted by Crippen LogP contribution is -2.49. The Morgan fingerprint density at radius 2 is 1.80 bits per heavy atom. The van der Waals surface area contributed by atoms with Crippen LogP contribution in [0, 0.1) is 11.6 Å². The predicted octanol–water partition coefficient (Wildman–Crippen LogP) is 2.79. The van der Waals surface area contributed by atoms with Gasteiger partial charge < -0.3 is 25.2 Å². The molecule has 3 N–H and O–H groups in total. The molecular formula is C29H30F2N6O4. The van der Waals surface area contributed by atoms with Gasteiger partial charge >= 0.3 is 0 Å². The largest absolute Gasteiger partial charge is 0.454 e. The third-order valence-electron chi connectivity index (χ3n) is 6.64. The van der Waals surface area contributed by atoms with Gasteiger partial charge in [-0.15, -0.1) is 10.2 Å². The third kappa shape index (κ3) is 7.41. The minimum absolute atomic E-state index is 0.00180. The minimum atomic E-state index is -1.06. The first-order chi connectivity index (χ1) is 19.9. The van der Waals surface area contributed by atoms with Gasteiger partial charge in [0.15, 0.2) is 11.5 Å². The van der Waals surface area contributed by atoms with Gasteiger partial charge in [-0.1, -0.05) is 31.2 Å². The van der Waals surface area contributed by atoms with Crippen molar-refractivity contribution < 1.29 is 28.2 Å². The molecular weight excluding hydrogens is 534 g/mol. The zero-order valence-corrected chi connectivity index (χ0v) is 22.4. The lowest BCUT2D eigenvalue weighted by atomic mass is 10.0. The number of carbonyl (C=O) groups is 1. The highest BCUT2D eigenvalue weighted by Gasteiger charge is 2.23. The highest BCUT2D eigenvalue weighted by Crippen LogP contribution is 2.34. The number of nitrogens with zero attached hydrogens (tertiary/aromatic N) is 4. The molecule has 0 fully saturated rings. The molecule has 12 heteroatoms. The number of amides is 1. The molecule has 10 nitrogen and oxygen atoms in total. The zero-order valence-electron chi connectivity index (χ0n) is 22.4. The summed E-state index contributed by atoms with van der Waals surface area (Å²) >= 11 is 0. The Balaban J connectivity index is 1.24. The summed E-state index contributed by atoms with van der Waals surface area (Å²) in [5.41, 5.74) is 3.19. The van der Waals surface area contributed by atoms with E-state index in [1.165, 1.54) is 17.7 Å². The Kier molecular flexibility index (Phi) is 8.80. The van der Waals surface area contributed by atoms with Crippen molar-refractivity contribution in [3.8, 4) is 22.9 Å². The molecule has 0 unspecified atom stereocenters. The van der Waals surface area contributed by atoms with Gasteiger partial charge in [0.05, 0.1) is 12.1 Å². The van der Waals surface area contributed by atoms with Crippen molar-refractivity contribution in [2.45, 2.75) is 45.0 Å². The molecule has 4 aromatic rings. The van der Waals surface area contributed by atoms with Gasteiger partial charge in [0.25, 0.3) is 0 Å². The molecule has 0 saturated carbocycles. The summed E-state index contributed by atoms with van der Waals surface area (Å²) in [6.07, 6.45) is -0.150. The average Bonchev–Trinajstić information content (AvgIpc) is 3.61. The maximum absolute atomic E-state index is 13.9. The summed E-state index contributed by atoms with van der Waals surface area (Å²) in [5, 5.41) is 29.2. The first-order valence-corrected chi connectivity index (χ1v) is 13.2. The van der Waals surface area contributed by atoms with Crippen LogP contribution in [0.15, 0.2) is 60.7 Å². The van der Waals surface area contributed by atoms with Crippen molar-refractivity contribution in [2.24, 2.45) is 0 Å². The van der Waals surface area contributed by atoms with Crippen LogP contribution in [-0.2, 0) is 30.7 Å². The van der Waals surface area contributed by atoms with E-state index in [0.29, 0.717) is 35.0 Å². The summed E-state index contributed by atoms with van der Waals surface area (Å²) in [4.78, 5) is 14.1. The number of nitrogens with one attached hydrogen (secondary N) is 2. The summed E-state index contributed by atoms with van der Waals surface area (Å²) in [5.74, 6) is -0.510. The second-order valence-electron chi connectivity index (χ2n) is 9.74. The van der Waals surface area contributed by atoms with Crippen LogP contribution in [-0.4, -0.2) is 56.7 Å². The summed E-state index contributed by atoms with van der Waals surface area (Å²) in [6, 6.07) is 15.6. The van der Waals surface area contributed by atoms with Gasteiger partial charge in [0.2, 0.25) is 18.5 Å². The maximum Gasteiger partial charge on any atom is 0.243 e. The normalized spacial score (nSPS) is 13.7. The molecule has 1 amide bonds. The van der Waals surface area contributed by atoms with E-state index in [1.807, 2.05) is 18.2 Å². The maximum atomic E-state index is 13.9. The smallest absolute Gasteiger partial charge is 0.243 e. The fourth-order valence-corrected chi connectivity index (χ4v) is 4.57. The topological polar surface area (TPSA) is 123 Å². The number of halogens is 2.